The molecule has 0 saturated heterocycles. The highest BCUT2D eigenvalue weighted by atomic mass is 35.5. The molecule has 3 aromatic rings. The van der Waals surface area contributed by atoms with Crippen molar-refractivity contribution < 1.29 is 22.7 Å². The Hall–Kier alpha value is -3.56. The van der Waals surface area contributed by atoms with Gasteiger partial charge in [-0.15, -0.1) is 0 Å². The summed E-state index contributed by atoms with van der Waals surface area (Å²) in [5.41, 5.74) is 0.316. The van der Waals surface area contributed by atoms with Crippen molar-refractivity contribution in [1.29, 1.82) is 0 Å². The molecule has 0 bridgehead atoms. The number of benzene rings is 3. The number of ether oxygens (including phenoxy) is 1. The van der Waals surface area contributed by atoms with Crippen LogP contribution in [0, 0.1) is 0 Å². The summed E-state index contributed by atoms with van der Waals surface area (Å²) in [5.74, 6) is -0.586. The number of nitrogens with one attached hydrogen (secondary N) is 1. The van der Waals surface area contributed by atoms with Crippen LogP contribution in [0.4, 0.5) is 5.69 Å². The fourth-order valence-corrected chi connectivity index (χ4v) is 6.00. The van der Waals surface area contributed by atoms with E-state index in [2.05, 4.69) is 5.32 Å². The second-order valence-corrected chi connectivity index (χ2v) is 12.8. The Bertz CT molecular complexity index is 1440. The van der Waals surface area contributed by atoms with Crippen LogP contribution < -0.4 is 14.4 Å². The van der Waals surface area contributed by atoms with Crippen molar-refractivity contribution in [2.24, 2.45) is 0 Å². The second-order valence-electron chi connectivity index (χ2n) is 10.5. The summed E-state index contributed by atoms with van der Waals surface area (Å²) in [7, 11) is -4.21. The molecular weight excluding hydrogens is 562 g/mol. The minimum absolute atomic E-state index is 0.0148. The predicted molar refractivity (Wildman–Crippen MR) is 163 cm³/mol. The highest BCUT2D eigenvalue weighted by molar-refractivity contribution is 7.92. The minimum atomic E-state index is -4.21. The van der Waals surface area contributed by atoms with Crippen LogP contribution in [0.5, 0.6) is 5.75 Å². The van der Waals surface area contributed by atoms with Crippen molar-refractivity contribution in [3.05, 3.63) is 89.4 Å². The molecule has 3 aromatic carbocycles. The van der Waals surface area contributed by atoms with Crippen LogP contribution in [-0.4, -0.2) is 49.9 Å². The first-order chi connectivity index (χ1) is 19.4. The van der Waals surface area contributed by atoms with Crippen molar-refractivity contribution >= 4 is 39.1 Å². The van der Waals surface area contributed by atoms with Gasteiger partial charge in [-0.25, -0.2) is 8.42 Å². The fourth-order valence-electron chi connectivity index (χ4n) is 4.36. The van der Waals surface area contributed by atoms with E-state index in [9.17, 15) is 18.0 Å². The average Bonchev–Trinajstić information content (AvgIpc) is 2.92. The van der Waals surface area contributed by atoms with Gasteiger partial charge in [0.15, 0.2) is 0 Å². The molecule has 8 nitrogen and oxygen atoms in total. The number of rotatable bonds is 12. The topological polar surface area (TPSA) is 96.0 Å². The van der Waals surface area contributed by atoms with E-state index in [1.54, 1.807) is 73.7 Å². The molecule has 0 unspecified atom stereocenters. The Morgan fingerprint density at radius 2 is 1.54 bits per heavy atom. The quantitative estimate of drug-likeness (QED) is 0.290. The van der Waals surface area contributed by atoms with Crippen LogP contribution in [0.3, 0.4) is 0 Å². The van der Waals surface area contributed by atoms with Gasteiger partial charge >= 0.3 is 0 Å². The Morgan fingerprint density at radius 3 is 2.15 bits per heavy atom. The Morgan fingerprint density at radius 1 is 0.927 bits per heavy atom. The zero-order valence-electron chi connectivity index (χ0n) is 24.1. The highest BCUT2D eigenvalue weighted by Gasteiger charge is 2.35. The van der Waals surface area contributed by atoms with Gasteiger partial charge in [0, 0.05) is 17.1 Å². The van der Waals surface area contributed by atoms with E-state index in [1.807, 2.05) is 27.7 Å². The van der Waals surface area contributed by atoms with E-state index in [-0.39, 0.29) is 23.0 Å². The normalized spacial score (nSPS) is 12.3. The van der Waals surface area contributed by atoms with Crippen molar-refractivity contribution in [3.8, 4) is 5.75 Å². The number of para-hydroxylation sites is 2. The summed E-state index contributed by atoms with van der Waals surface area (Å²) in [5, 5.41) is 3.39. The summed E-state index contributed by atoms with van der Waals surface area (Å²) in [6.45, 7) is 8.93. The molecule has 41 heavy (non-hydrogen) atoms. The third-order valence-corrected chi connectivity index (χ3v) is 8.37. The first-order valence-electron chi connectivity index (χ1n) is 13.5. The van der Waals surface area contributed by atoms with Crippen molar-refractivity contribution in [2.75, 3.05) is 17.5 Å². The molecule has 10 heteroatoms. The zero-order chi connectivity index (χ0) is 30.2. The molecule has 220 valence electrons. The van der Waals surface area contributed by atoms with Gasteiger partial charge in [-0.2, -0.15) is 0 Å². The second kappa shape index (κ2) is 13.9. The number of amides is 2. The smallest absolute Gasteiger partial charge is 0.264 e. The van der Waals surface area contributed by atoms with Gasteiger partial charge < -0.3 is 15.0 Å². The molecule has 0 saturated carbocycles. The number of carbonyl (C=O) groups is 2. The molecule has 2 amide bonds. The van der Waals surface area contributed by atoms with Crippen LogP contribution in [0.1, 0.15) is 46.6 Å². The molecule has 1 N–H and O–H groups in total. The maximum absolute atomic E-state index is 14.2. The number of carbonyl (C=O) groups excluding carboxylic acids is 2. The molecule has 0 spiro atoms. The third kappa shape index (κ3) is 8.24. The minimum Gasteiger partial charge on any atom is -0.492 e. The molecule has 0 heterocycles. The van der Waals surface area contributed by atoms with Crippen LogP contribution in [0.2, 0.25) is 5.02 Å². The van der Waals surface area contributed by atoms with E-state index in [1.165, 1.54) is 17.0 Å². The summed E-state index contributed by atoms with van der Waals surface area (Å²) >= 11 is 6.46. The Kier molecular flexibility index (Phi) is 10.8. The summed E-state index contributed by atoms with van der Waals surface area (Å²) in [6, 6.07) is 20.8. The maximum atomic E-state index is 14.2. The molecule has 0 aliphatic rings. The van der Waals surface area contributed by atoms with Gasteiger partial charge in [0.2, 0.25) is 11.8 Å². The van der Waals surface area contributed by atoms with Gasteiger partial charge in [-0.1, -0.05) is 67.1 Å². The van der Waals surface area contributed by atoms with Crippen molar-refractivity contribution in [3.63, 3.8) is 0 Å². The molecule has 3 rings (SSSR count). The average molecular weight is 600 g/mol. The number of nitrogens with zero attached hydrogens (tertiary/aromatic N) is 2. The zero-order valence-corrected chi connectivity index (χ0v) is 25.7. The van der Waals surface area contributed by atoms with Gasteiger partial charge in [0.05, 0.1) is 17.2 Å². The summed E-state index contributed by atoms with van der Waals surface area (Å²) in [4.78, 5) is 29.1. The van der Waals surface area contributed by atoms with E-state index in [4.69, 9.17) is 16.3 Å². The summed E-state index contributed by atoms with van der Waals surface area (Å²) in [6.07, 6.45) is 0.305. The number of hydrogen-bond donors (Lipinski definition) is 1. The molecule has 1 atom stereocenters. The first-order valence-corrected chi connectivity index (χ1v) is 15.3. The fraction of sp³-hybridized carbons (Fsp3) is 0.355. The number of hydrogen-bond acceptors (Lipinski definition) is 5. The van der Waals surface area contributed by atoms with Gasteiger partial charge in [-0.3, -0.25) is 13.9 Å². The molecule has 0 aromatic heterocycles. The lowest BCUT2D eigenvalue weighted by molar-refractivity contribution is -0.141. The maximum Gasteiger partial charge on any atom is 0.264 e. The monoisotopic (exact) mass is 599 g/mol. The standard InChI is InChI=1S/C31H38ClN3O5S/c1-6-26(30(37)33-31(3,4)5)34(21-23-15-11-12-18-25(23)32)29(36)22-35(27-19-13-14-20-28(27)40-7-2)41(38,39)24-16-9-8-10-17-24/h8-20,26H,6-7,21-22H2,1-5H3,(H,33,37)/t26-/m0/s1. The molecular formula is C31H38ClN3O5S. The number of anilines is 1. The molecule has 0 aliphatic heterocycles. The van der Waals surface area contributed by atoms with E-state index < -0.39 is 34.1 Å². The lowest BCUT2D eigenvalue weighted by Gasteiger charge is -2.35. The van der Waals surface area contributed by atoms with E-state index >= 15 is 0 Å². The lowest BCUT2D eigenvalue weighted by atomic mass is 10.1. The van der Waals surface area contributed by atoms with E-state index in [0.29, 0.717) is 29.4 Å². The van der Waals surface area contributed by atoms with Gasteiger partial charge in [0.25, 0.3) is 10.0 Å². The SMILES string of the molecule is CCOc1ccccc1N(CC(=O)N(Cc1ccccc1Cl)[C@@H](CC)C(=O)NC(C)(C)C)S(=O)(=O)c1ccccc1. The summed E-state index contributed by atoms with van der Waals surface area (Å²) < 4.78 is 34.8. The van der Waals surface area contributed by atoms with Crippen LogP contribution in [0.25, 0.3) is 0 Å². The van der Waals surface area contributed by atoms with Crippen molar-refractivity contribution in [2.45, 2.75) is 64.1 Å². The van der Waals surface area contributed by atoms with Crippen LogP contribution in [-0.2, 0) is 26.2 Å². The molecule has 0 fully saturated rings. The number of sulfonamides is 1. The van der Waals surface area contributed by atoms with Gasteiger partial charge in [0.1, 0.15) is 18.3 Å². The van der Waals surface area contributed by atoms with Crippen LogP contribution >= 0.6 is 11.6 Å². The molecule has 0 aliphatic carbocycles. The highest BCUT2D eigenvalue weighted by Crippen LogP contribution is 2.33. The lowest BCUT2D eigenvalue weighted by Crippen LogP contribution is -2.55. The number of halogens is 1. The first kappa shape index (κ1) is 32.0. The van der Waals surface area contributed by atoms with Crippen molar-refractivity contribution in [1.82, 2.24) is 10.2 Å². The largest absolute Gasteiger partial charge is 0.492 e. The Balaban J connectivity index is 2.12. The van der Waals surface area contributed by atoms with E-state index in [0.717, 1.165) is 4.31 Å². The molecule has 0 radical (unpaired) electrons. The van der Waals surface area contributed by atoms with Gasteiger partial charge in [-0.05, 0) is 70.0 Å². The predicted octanol–water partition coefficient (Wildman–Crippen LogP) is 5.66. The Labute approximate surface area is 248 Å². The van der Waals surface area contributed by atoms with Crippen LogP contribution in [0.15, 0.2) is 83.8 Å². The third-order valence-electron chi connectivity index (χ3n) is 6.23.